The zero-order chi connectivity index (χ0) is 13.8. The lowest BCUT2D eigenvalue weighted by atomic mass is 10.3. The molecule has 0 atom stereocenters. The molecule has 0 radical (unpaired) electrons. The summed E-state index contributed by atoms with van der Waals surface area (Å²) in [5, 5.41) is 11.5. The lowest BCUT2D eigenvalue weighted by molar-refractivity contribution is 0.288. The topological polar surface area (TPSA) is 52.0 Å². The average Bonchev–Trinajstić information content (AvgIpc) is 3.16. The number of nitrogens with zero attached hydrogens (tertiary/aromatic N) is 3. The van der Waals surface area contributed by atoms with Gasteiger partial charge in [0.2, 0.25) is 0 Å². The number of ether oxygens (including phenoxy) is 1. The Morgan fingerprint density at radius 2 is 2.30 bits per heavy atom. The van der Waals surface area contributed by atoms with Crippen LogP contribution in [-0.2, 0) is 13.1 Å². The van der Waals surface area contributed by atoms with E-state index in [1.54, 1.807) is 16.8 Å². The predicted molar refractivity (Wildman–Crippen MR) is 71.8 cm³/mol. The van der Waals surface area contributed by atoms with E-state index in [1.165, 1.54) is 25.0 Å². The largest absolute Gasteiger partial charge is 0.492 e. The minimum absolute atomic E-state index is 0.295. The fourth-order valence-corrected chi connectivity index (χ4v) is 1.88. The summed E-state index contributed by atoms with van der Waals surface area (Å²) in [6.45, 7) is 1.78. The van der Waals surface area contributed by atoms with Crippen LogP contribution in [0.1, 0.15) is 18.5 Å². The maximum Gasteiger partial charge on any atom is 0.126 e. The first kappa shape index (κ1) is 13.1. The maximum absolute atomic E-state index is 13.0. The van der Waals surface area contributed by atoms with E-state index >= 15 is 0 Å². The Kier molecular flexibility index (Phi) is 3.92. The molecule has 0 spiro atoms. The highest BCUT2D eigenvalue weighted by molar-refractivity contribution is 5.22. The van der Waals surface area contributed by atoms with Gasteiger partial charge in [0.1, 0.15) is 18.2 Å². The molecule has 1 N–H and O–H groups in total. The SMILES string of the molecule is Fc1cccc(OCCn2cc(CNC3CC3)nn2)c1. The molecule has 6 heteroatoms. The van der Waals surface area contributed by atoms with Gasteiger partial charge < -0.3 is 10.1 Å². The third kappa shape index (κ3) is 3.77. The summed E-state index contributed by atoms with van der Waals surface area (Å²) < 4.78 is 20.2. The average molecular weight is 276 g/mol. The number of rotatable bonds is 7. The van der Waals surface area contributed by atoms with Gasteiger partial charge in [-0.05, 0) is 25.0 Å². The van der Waals surface area contributed by atoms with Gasteiger partial charge in [0.25, 0.3) is 0 Å². The molecular weight excluding hydrogens is 259 g/mol. The minimum Gasteiger partial charge on any atom is -0.492 e. The monoisotopic (exact) mass is 276 g/mol. The summed E-state index contributed by atoms with van der Waals surface area (Å²) in [4.78, 5) is 0. The van der Waals surface area contributed by atoms with Crippen LogP contribution in [0.4, 0.5) is 4.39 Å². The molecule has 0 aliphatic heterocycles. The van der Waals surface area contributed by atoms with Crippen molar-refractivity contribution in [3.05, 3.63) is 42.0 Å². The molecule has 5 nitrogen and oxygen atoms in total. The van der Waals surface area contributed by atoms with Crippen molar-refractivity contribution in [3.63, 3.8) is 0 Å². The molecule has 1 saturated carbocycles. The van der Waals surface area contributed by atoms with E-state index in [9.17, 15) is 4.39 Å². The van der Waals surface area contributed by atoms with Gasteiger partial charge in [-0.3, -0.25) is 0 Å². The maximum atomic E-state index is 13.0. The van der Waals surface area contributed by atoms with Gasteiger partial charge >= 0.3 is 0 Å². The number of hydrogen-bond donors (Lipinski definition) is 1. The van der Waals surface area contributed by atoms with Crippen molar-refractivity contribution in [1.29, 1.82) is 0 Å². The Morgan fingerprint density at radius 3 is 3.10 bits per heavy atom. The summed E-state index contributed by atoms with van der Waals surface area (Å²) in [5.74, 6) is 0.234. The van der Waals surface area contributed by atoms with Crippen molar-refractivity contribution in [2.45, 2.75) is 32.0 Å². The van der Waals surface area contributed by atoms with E-state index in [2.05, 4.69) is 15.6 Å². The van der Waals surface area contributed by atoms with E-state index in [0.717, 1.165) is 12.2 Å². The van der Waals surface area contributed by atoms with Crippen LogP contribution in [-0.4, -0.2) is 27.6 Å². The normalized spacial score (nSPS) is 14.4. The molecule has 1 aliphatic rings. The smallest absolute Gasteiger partial charge is 0.126 e. The molecule has 0 bridgehead atoms. The van der Waals surface area contributed by atoms with E-state index in [4.69, 9.17) is 4.74 Å². The van der Waals surface area contributed by atoms with Gasteiger partial charge in [0.15, 0.2) is 0 Å². The van der Waals surface area contributed by atoms with Crippen LogP contribution in [0.25, 0.3) is 0 Å². The van der Waals surface area contributed by atoms with Gasteiger partial charge in [0, 0.05) is 24.8 Å². The molecule has 1 aromatic carbocycles. The van der Waals surface area contributed by atoms with Crippen LogP contribution in [0.15, 0.2) is 30.5 Å². The van der Waals surface area contributed by atoms with Gasteiger partial charge in [-0.1, -0.05) is 11.3 Å². The second-order valence-corrected chi connectivity index (χ2v) is 4.93. The van der Waals surface area contributed by atoms with Gasteiger partial charge in [0.05, 0.1) is 12.2 Å². The first-order chi connectivity index (χ1) is 9.79. The van der Waals surface area contributed by atoms with Crippen LogP contribution in [0.5, 0.6) is 5.75 Å². The van der Waals surface area contributed by atoms with E-state index in [1.807, 2.05) is 6.20 Å². The second-order valence-electron chi connectivity index (χ2n) is 4.93. The predicted octanol–water partition coefficient (Wildman–Crippen LogP) is 1.75. The fourth-order valence-electron chi connectivity index (χ4n) is 1.88. The van der Waals surface area contributed by atoms with Crippen LogP contribution < -0.4 is 10.1 Å². The molecule has 0 saturated heterocycles. The van der Waals surface area contributed by atoms with Gasteiger partial charge in [-0.15, -0.1) is 5.10 Å². The summed E-state index contributed by atoms with van der Waals surface area (Å²) in [7, 11) is 0. The lowest BCUT2D eigenvalue weighted by Crippen LogP contribution is -2.15. The first-order valence-electron chi connectivity index (χ1n) is 6.80. The molecule has 20 heavy (non-hydrogen) atoms. The van der Waals surface area contributed by atoms with Crippen LogP contribution in [0.3, 0.4) is 0 Å². The highest BCUT2D eigenvalue weighted by atomic mass is 19.1. The van der Waals surface area contributed by atoms with Crippen LogP contribution in [0.2, 0.25) is 0 Å². The van der Waals surface area contributed by atoms with E-state index in [-0.39, 0.29) is 5.82 Å². The van der Waals surface area contributed by atoms with Crippen LogP contribution >= 0.6 is 0 Å². The highest BCUT2D eigenvalue weighted by Crippen LogP contribution is 2.18. The molecular formula is C14H17FN4O. The Balaban J connectivity index is 1.43. The molecule has 1 heterocycles. The van der Waals surface area contributed by atoms with Crippen molar-refractivity contribution in [2.24, 2.45) is 0 Å². The van der Waals surface area contributed by atoms with E-state index in [0.29, 0.717) is 24.9 Å². The van der Waals surface area contributed by atoms with Crippen molar-refractivity contribution >= 4 is 0 Å². The molecule has 1 aromatic heterocycles. The molecule has 106 valence electrons. The second kappa shape index (κ2) is 6.00. The Morgan fingerprint density at radius 1 is 1.40 bits per heavy atom. The zero-order valence-electron chi connectivity index (χ0n) is 11.1. The highest BCUT2D eigenvalue weighted by Gasteiger charge is 2.20. The number of halogens is 1. The fraction of sp³-hybridized carbons (Fsp3) is 0.429. The van der Waals surface area contributed by atoms with Crippen molar-refractivity contribution in [2.75, 3.05) is 6.61 Å². The summed E-state index contributed by atoms with van der Waals surface area (Å²) in [5.41, 5.74) is 0.933. The van der Waals surface area contributed by atoms with Crippen molar-refractivity contribution < 1.29 is 9.13 Å². The van der Waals surface area contributed by atoms with Crippen LogP contribution in [0, 0.1) is 5.82 Å². The number of aromatic nitrogens is 3. The van der Waals surface area contributed by atoms with Crippen molar-refractivity contribution in [3.8, 4) is 5.75 Å². The van der Waals surface area contributed by atoms with Gasteiger partial charge in [-0.2, -0.15) is 0 Å². The third-order valence-corrected chi connectivity index (χ3v) is 3.12. The quantitative estimate of drug-likeness (QED) is 0.837. The number of benzene rings is 1. The van der Waals surface area contributed by atoms with Gasteiger partial charge in [-0.25, -0.2) is 9.07 Å². The Hall–Kier alpha value is -1.95. The van der Waals surface area contributed by atoms with Crippen molar-refractivity contribution in [1.82, 2.24) is 20.3 Å². The molecule has 0 unspecified atom stereocenters. The Labute approximate surface area is 116 Å². The number of nitrogens with one attached hydrogen (secondary N) is 1. The molecule has 3 rings (SSSR count). The Bertz CT molecular complexity index is 568. The summed E-state index contributed by atoms with van der Waals surface area (Å²) in [6.07, 6.45) is 4.43. The lowest BCUT2D eigenvalue weighted by Gasteiger charge is -2.05. The minimum atomic E-state index is -0.295. The standard InChI is InChI=1S/C14H17FN4O/c15-11-2-1-3-14(8-11)20-7-6-19-10-13(17-18-19)9-16-12-4-5-12/h1-3,8,10,12,16H,4-7,9H2. The molecule has 1 fully saturated rings. The molecule has 1 aliphatic carbocycles. The molecule has 2 aromatic rings. The zero-order valence-corrected chi connectivity index (χ0v) is 11.1. The molecule has 0 amide bonds. The van der Waals surface area contributed by atoms with E-state index < -0.39 is 0 Å². The summed E-state index contributed by atoms with van der Waals surface area (Å²) in [6, 6.07) is 6.78. The third-order valence-electron chi connectivity index (χ3n) is 3.12. The number of hydrogen-bond acceptors (Lipinski definition) is 4. The summed E-state index contributed by atoms with van der Waals surface area (Å²) >= 11 is 0. The first-order valence-corrected chi connectivity index (χ1v) is 6.80.